The molecule has 0 aromatic heterocycles. The van der Waals surface area contributed by atoms with E-state index in [0.29, 0.717) is 0 Å². The summed E-state index contributed by atoms with van der Waals surface area (Å²) < 4.78 is 36.5. The Balaban J connectivity index is 3.21. The average molecular weight is 226 g/mol. The highest BCUT2D eigenvalue weighted by Gasteiger charge is 2.39. The first-order chi connectivity index (χ1) is 7.40. The van der Waals surface area contributed by atoms with Gasteiger partial charge in [-0.25, -0.2) is 0 Å². The molecule has 0 heterocycles. The fraction of sp³-hybridized carbons (Fsp3) is 0.200. The Bertz CT molecular complexity index is 482. The van der Waals surface area contributed by atoms with Gasteiger partial charge >= 0.3 is 6.18 Å². The molecule has 3 nitrogen and oxygen atoms in total. The van der Waals surface area contributed by atoms with Crippen LogP contribution in [-0.2, 0) is 0 Å². The maximum atomic E-state index is 12.2. The summed E-state index contributed by atoms with van der Waals surface area (Å²) in [5.41, 5.74) is -0.674. The summed E-state index contributed by atoms with van der Waals surface area (Å²) in [4.78, 5) is 0. The largest absolute Gasteiger partial charge is 0.418 e. The standard InChI is InChI=1S/C10H5F3N2O/c11-10(12,13)9(16)6-1-2-7(4-14)8(3-6)5-15/h1-3,9,16H. The van der Waals surface area contributed by atoms with E-state index in [-0.39, 0.29) is 11.1 Å². The zero-order valence-electron chi connectivity index (χ0n) is 7.78. The van der Waals surface area contributed by atoms with Gasteiger partial charge in [0.2, 0.25) is 0 Å². The Morgan fingerprint density at radius 3 is 2.12 bits per heavy atom. The molecule has 6 heteroatoms. The molecular weight excluding hydrogens is 221 g/mol. The van der Waals surface area contributed by atoms with Crippen molar-refractivity contribution in [2.45, 2.75) is 12.3 Å². The van der Waals surface area contributed by atoms with Gasteiger partial charge in [-0.2, -0.15) is 23.7 Å². The lowest BCUT2D eigenvalue weighted by atomic mass is 10.0. The first kappa shape index (κ1) is 12.0. The fourth-order valence-corrected chi connectivity index (χ4v) is 1.11. The van der Waals surface area contributed by atoms with Crippen molar-refractivity contribution in [3.63, 3.8) is 0 Å². The van der Waals surface area contributed by atoms with E-state index in [0.717, 1.165) is 18.2 Å². The molecule has 0 aliphatic rings. The first-order valence-corrected chi connectivity index (χ1v) is 4.09. The third kappa shape index (κ3) is 2.30. The van der Waals surface area contributed by atoms with Gasteiger partial charge in [0.1, 0.15) is 12.1 Å². The molecule has 1 aromatic carbocycles. The highest BCUT2D eigenvalue weighted by atomic mass is 19.4. The smallest absolute Gasteiger partial charge is 0.379 e. The zero-order valence-corrected chi connectivity index (χ0v) is 7.78. The molecule has 0 spiro atoms. The van der Waals surface area contributed by atoms with Gasteiger partial charge in [0.05, 0.1) is 11.1 Å². The van der Waals surface area contributed by atoms with Gasteiger partial charge in [0.15, 0.2) is 6.10 Å². The van der Waals surface area contributed by atoms with Crippen LogP contribution in [0.1, 0.15) is 22.8 Å². The van der Waals surface area contributed by atoms with Crippen LogP contribution in [0.3, 0.4) is 0 Å². The van der Waals surface area contributed by atoms with E-state index in [1.54, 1.807) is 12.1 Å². The van der Waals surface area contributed by atoms with E-state index >= 15 is 0 Å². The second-order valence-electron chi connectivity index (χ2n) is 2.97. The predicted octanol–water partition coefficient (Wildman–Crippen LogP) is 2.03. The second kappa shape index (κ2) is 4.21. The fourth-order valence-electron chi connectivity index (χ4n) is 1.11. The van der Waals surface area contributed by atoms with Crippen molar-refractivity contribution < 1.29 is 18.3 Å². The molecular formula is C10H5F3N2O. The van der Waals surface area contributed by atoms with E-state index in [4.69, 9.17) is 15.6 Å². The molecule has 0 fully saturated rings. The lowest BCUT2D eigenvalue weighted by Crippen LogP contribution is -2.20. The Hall–Kier alpha value is -2.05. The van der Waals surface area contributed by atoms with Crippen molar-refractivity contribution in [2.24, 2.45) is 0 Å². The van der Waals surface area contributed by atoms with E-state index in [2.05, 4.69) is 0 Å². The Kier molecular flexibility index (Phi) is 3.17. The van der Waals surface area contributed by atoms with Crippen LogP contribution in [0.15, 0.2) is 18.2 Å². The summed E-state index contributed by atoms with van der Waals surface area (Å²) in [7, 11) is 0. The van der Waals surface area contributed by atoms with Crippen molar-refractivity contribution >= 4 is 0 Å². The molecule has 1 N–H and O–H groups in total. The molecule has 1 aromatic rings. The van der Waals surface area contributed by atoms with Crippen molar-refractivity contribution in [1.82, 2.24) is 0 Å². The predicted molar refractivity (Wildman–Crippen MR) is 46.9 cm³/mol. The van der Waals surface area contributed by atoms with Crippen molar-refractivity contribution in [1.29, 1.82) is 10.5 Å². The molecule has 1 unspecified atom stereocenters. The summed E-state index contributed by atoms with van der Waals surface area (Å²) in [6.45, 7) is 0. The Morgan fingerprint density at radius 2 is 1.69 bits per heavy atom. The highest BCUT2D eigenvalue weighted by Crippen LogP contribution is 2.32. The lowest BCUT2D eigenvalue weighted by molar-refractivity contribution is -0.206. The number of hydrogen-bond donors (Lipinski definition) is 1. The number of nitrogens with zero attached hydrogens (tertiary/aromatic N) is 2. The van der Waals surface area contributed by atoms with Gasteiger partial charge in [-0.1, -0.05) is 6.07 Å². The van der Waals surface area contributed by atoms with E-state index in [9.17, 15) is 13.2 Å². The zero-order chi connectivity index (χ0) is 12.3. The maximum Gasteiger partial charge on any atom is 0.418 e. The first-order valence-electron chi connectivity index (χ1n) is 4.09. The van der Waals surface area contributed by atoms with Crippen LogP contribution in [-0.4, -0.2) is 11.3 Å². The Labute approximate surface area is 89.0 Å². The normalized spacial score (nSPS) is 12.6. The van der Waals surface area contributed by atoms with E-state index in [1.165, 1.54) is 0 Å². The van der Waals surface area contributed by atoms with Crippen LogP contribution in [0.2, 0.25) is 0 Å². The van der Waals surface area contributed by atoms with Gasteiger partial charge < -0.3 is 5.11 Å². The minimum Gasteiger partial charge on any atom is -0.379 e. The highest BCUT2D eigenvalue weighted by molar-refractivity contribution is 5.47. The van der Waals surface area contributed by atoms with Crippen LogP contribution < -0.4 is 0 Å². The molecule has 0 saturated carbocycles. The van der Waals surface area contributed by atoms with Gasteiger partial charge in [0.25, 0.3) is 0 Å². The van der Waals surface area contributed by atoms with Crippen LogP contribution in [0.5, 0.6) is 0 Å². The summed E-state index contributed by atoms with van der Waals surface area (Å²) in [5.74, 6) is 0. The third-order valence-electron chi connectivity index (χ3n) is 1.91. The van der Waals surface area contributed by atoms with Gasteiger partial charge in [-0.15, -0.1) is 0 Å². The van der Waals surface area contributed by atoms with Crippen LogP contribution >= 0.6 is 0 Å². The van der Waals surface area contributed by atoms with Crippen LogP contribution in [0.4, 0.5) is 13.2 Å². The summed E-state index contributed by atoms with van der Waals surface area (Å²) >= 11 is 0. The van der Waals surface area contributed by atoms with Gasteiger partial charge in [-0.05, 0) is 17.7 Å². The monoisotopic (exact) mass is 226 g/mol. The van der Waals surface area contributed by atoms with E-state index < -0.39 is 17.8 Å². The minimum atomic E-state index is -4.79. The molecule has 1 rings (SSSR count). The number of rotatable bonds is 1. The molecule has 0 aliphatic heterocycles. The van der Waals surface area contributed by atoms with E-state index in [1.807, 2.05) is 0 Å². The molecule has 0 aliphatic carbocycles. The third-order valence-corrected chi connectivity index (χ3v) is 1.91. The van der Waals surface area contributed by atoms with Gasteiger partial charge in [0, 0.05) is 0 Å². The molecule has 0 radical (unpaired) electrons. The summed E-state index contributed by atoms with van der Waals surface area (Å²) in [6.07, 6.45) is -7.44. The number of nitriles is 2. The molecule has 0 saturated heterocycles. The molecule has 0 amide bonds. The summed E-state index contributed by atoms with van der Waals surface area (Å²) in [5, 5.41) is 26.1. The number of hydrogen-bond acceptors (Lipinski definition) is 3. The van der Waals surface area contributed by atoms with Crippen molar-refractivity contribution in [3.05, 3.63) is 34.9 Å². The topological polar surface area (TPSA) is 67.8 Å². The molecule has 82 valence electrons. The van der Waals surface area contributed by atoms with Crippen molar-refractivity contribution in [2.75, 3.05) is 0 Å². The quantitative estimate of drug-likeness (QED) is 0.796. The number of aliphatic hydroxyl groups is 1. The van der Waals surface area contributed by atoms with Crippen molar-refractivity contribution in [3.8, 4) is 12.1 Å². The maximum absolute atomic E-state index is 12.2. The number of aliphatic hydroxyl groups excluding tert-OH is 1. The SMILES string of the molecule is N#Cc1ccc(C(O)C(F)(F)F)cc1C#N. The second-order valence-corrected chi connectivity index (χ2v) is 2.97. The number of halogens is 3. The van der Waals surface area contributed by atoms with Gasteiger partial charge in [-0.3, -0.25) is 0 Å². The molecule has 16 heavy (non-hydrogen) atoms. The van der Waals surface area contributed by atoms with Crippen LogP contribution in [0, 0.1) is 22.7 Å². The average Bonchev–Trinajstić information content (AvgIpc) is 2.25. The molecule has 0 bridgehead atoms. The Morgan fingerprint density at radius 1 is 1.12 bits per heavy atom. The number of alkyl halides is 3. The number of benzene rings is 1. The lowest BCUT2D eigenvalue weighted by Gasteiger charge is -2.14. The summed E-state index contributed by atoms with van der Waals surface area (Å²) in [6, 6.07) is 6.16. The minimum absolute atomic E-state index is 0.0272. The molecule has 1 atom stereocenters. The van der Waals surface area contributed by atoms with Crippen LogP contribution in [0.25, 0.3) is 0 Å².